The van der Waals surface area contributed by atoms with Gasteiger partial charge in [0, 0.05) is 19.1 Å². The SMILES string of the molecule is CCCCCN(C(=O)c1cccc(NCC)n1)C(C)C. The van der Waals surface area contributed by atoms with Crippen LogP contribution in [0.2, 0.25) is 0 Å². The molecular weight excluding hydrogens is 250 g/mol. The highest BCUT2D eigenvalue weighted by Gasteiger charge is 2.19. The zero-order valence-corrected chi connectivity index (χ0v) is 13.1. The third-order valence-electron chi connectivity index (χ3n) is 3.21. The van der Waals surface area contributed by atoms with Gasteiger partial charge in [0.25, 0.3) is 5.91 Å². The van der Waals surface area contributed by atoms with Gasteiger partial charge in [-0.25, -0.2) is 4.98 Å². The van der Waals surface area contributed by atoms with Gasteiger partial charge < -0.3 is 10.2 Å². The number of aromatic nitrogens is 1. The average molecular weight is 277 g/mol. The monoisotopic (exact) mass is 277 g/mol. The summed E-state index contributed by atoms with van der Waals surface area (Å²) in [6, 6.07) is 5.75. The van der Waals surface area contributed by atoms with Gasteiger partial charge in [0.1, 0.15) is 11.5 Å². The fourth-order valence-corrected chi connectivity index (χ4v) is 2.11. The Kier molecular flexibility index (Phi) is 7.05. The average Bonchev–Trinajstić information content (AvgIpc) is 2.43. The molecule has 0 saturated carbocycles. The van der Waals surface area contributed by atoms with Crippen LogP contribution in [0, 0.1) is 0 Å². The molecule has 0 aliphatic rings. The number of unbranched alkanes of at least 4 members (excludes halogenated alkanes) is 2. The summed E-state index contributed by atoms with van der Waals surface area (Å²) in [4.78, 5) is 18.9. The number of nitrogens with zero attached hydrogens (tertiary/aromatic N) is 2. The largest absolute Gasteiger partial charge is 0.370 e. The second-order valence-electron chi connectivity index (χ2n) is 5.24. The Morgan fingerprint density at radius 3 is 2.65 bits per heavy atom. The molecule has 112 valence electrons. The summed E-state index contributed by atoms with van der Waals surface area (Å²) in [5.41, 5.74) is 0.522. The topological polar surface area (TPSA) is 45.2 Å². The van der Waals surface area contributed by atoms with E-state index in [1.165, 1.54) is 0 Å². The van der Waals surface area contributed by atoms with Gasteiger partial charge in [0.15, 0.2) is 0 Å². The second-order valence-corrected chi connectivity index (χ2v) is 5.24. The molecule has 0 aromatic carbocycles. The van der Waals surface area contributed by atoms with E-state index in [-0.39, 0.29) is 11.9 Å². The number of hydrogen-bond acceptors (Lipinski definition) is 3. The molecule has 1 N–H and O–H groups in total. The van der Waals surface area contributed by atoms with Crippen molar-refractivity contribution in [2.45, 2.75) is 53.0 Å². The normalized spacial score (nSPS) is 10.7. The highest BCUT2D eigenvalue weighted by molar-refractivity contribution is 5.92. The Hall–Kier alpha value is -1.58. The molecule has 1 amide bonds. The minimum absolute atomic E-state index is 0.0239. The van der Waals surface area contributed by atoms with Crippen molar-refractivity contribution >= 4 is 11.7 Å². The molecule has 0 aliphatic heterocycles. The quantitative estimate of drug-likeness (QED) is 0.739. The van der Waals surface area contributed by atoms with E-state index >= 15 is 0 Å². The van der Waals surface area contributed by atoms with Crippen LogP contribution in [0.3, 0.4) is 0 Å². The van der Waals surface area contributed by atoms with Crippen molar-refractivity contribution in [2.24, 2.45) is 0 Å². The molecule has 0 bridgehead atoms. The predicted molar refractivity (Wildman–Crippen MR) is 84.1 cm³/mol. The molecule has 0 saturated heterocycles. The maximum absolute atomic E-state index is 12.6. The first kappa shape index (κ1) is 16.5. The lowest BCUT2D eigenvalue weighted by Crippen LogP contribution is -2.38. The van der Waals surface area contributed by atoms with Crippen LogP contribution in [0.15, 0.2) is 18.2 Å². The van der Waals surface area contributed by atoms with Crippen LogP contribution in [0.1, 0.15) is 57.4 Å². The summed E-state index contributed by atoms with van der Waals surface area (Å²) in [5.74, 6) is 0.784. The van der Waals surface area contributed by atoms with Crippen molar-refractivity contribution in [1.82, 2.24) is 9.88 Å². The second kappa shape index (κ2) is 8.56. The molecule has 0 radical (unpaired) electrons. The van der Waals surface area contributed by atoms with E-state index in [1.807, 2.05) is 24.0 Å². The highest BCUT2D eigenvalue weighted by Crippen LogP contribution is 2.11. The summed E-state index contributed by atoms with van der Waals surface area (Å²) < 4.78 is 0. The van der Waals surface area contributed by atoms with Crippen LogP contribution in [0.5, 0.6) is 0 Å². The molecule has 1 rings (SSSR count). The summed E-state index contributed by atoms with van der Waals surface area (Å²) in [7, 11) is 0. The molecule has 0 fully saturated rings. The molecular formula is C16H27N3O. The Morgan fingerprint density at radius 1 is 1.30 bits per heavy atom. The maximum Gasteiger partial charge on any atom is 0.272 e. The number of nitrogens with one attached hydrogen (secondary N) is 1. The molecule has 4 heteroatoms. The van der Waals surface area contributed by atoms with Crippen LogP contribution >= 0.6 is 0 Å². The van der Waals surface area contributed by atoms with Gasteiger partial charge in [-0.15, -0.1) is 0 Å². The van der Waals surface area contributed by atoms with E-state index in [0.717, 1.165) is 38.2 Å². The van der Waals surface area contributed by atoms with Crippen molar-refractivity contribution in [2.75, 3.05) is 18.4 Å². The standard InChI is InChI=1S/C16H27N3O/c1-5-7-8-12-19(13(3)4)16(20)14-10-9-11-15(18-14)17-6-2/h9-11,13H,5-8,12H2,1-4H3,(H,17,18). The van der Waals surface area contributed by atoms with Gasteiger partial charge >= 0.3 is 0 Å². The molecule has 0 spiro atoms. The number of amides is 1. The van der Waals surface area contributed by atoms with Crippen molar-refractivity contribution < 1.29 is 4.79 Å². The lowest BCUT2D eigenvalue weighted by atomic mass is 10.2. The van der Waals surface area contributed by atoms with E-state index in [0.29, 0.717) is 5.69 Å². The van der Waals surface area contributed by atoms with Crippen molar-refractivity contribution in [3.8, 4) is 0 Å². The zero-order chi connectivity index (χ0) is 15.0. The fourth-order valence-electron chi connectivity index (χ4n) is 2.11. The molecule has 1 aromatic heterocycles. The van der Waals surface area contributed by atoms with Crippen LogP contribution in [-0.2, 0) is 0 Å². The van der Waals surface area contributed by atoms with Crippen LogP contribution in [0.4, 0.5) is 5.82 Å². The molecule has 4 nitrogen and oxygen atoms in total. The number of pyridine rings is 1. The van der Waals surface area contributed by atoms with Gasteiger partial charge in [-0.3, -0.25) is 4.79 Å². The smallest absolute Gasteiger partial charge is 0.272 e. The lowest BCUT2D eigenvalue weighted by Gasteiger charge is -2.26. The van der Waals surface area contributed by atoms with Crippen LogP contribution < -0.4 is 5.32 Å². The molecule has 0 atom stereocenters. The summed E-state index contributed by atoms with van der Waals surface area (Å²) in [5, 5.41) is 3.14. The number of carbonyl (C=O) groups is 1. The van der Waals surface area contributed by atoms with Crippen LogP contribution in [0.25, 0.3) is 0 Å². The molecule has 1 aromatic rings. The maximum atomic E-state index is 12.6. The Labute approximate surface area is 122 Å². The minimum atomic E-state index is 0.0239. The highest BCUT2D eigenvalue weighted by atomic mass is 16.2. The van der Waals surface area contributed by atoms with Gasteiger partial charge in [-0.05, 0) is 39.3 Å². The zero-order valence-electron chi connectivity index (χ0n) is 13.1. The van der Waals surface area contributed by atoms with Gasteiger partial charge in [-0.1, -0.05) is 25.8 Å². The first-order chi connectivity index (χ1) is 9.60. The third-order valence-corrected chi connectivity index (χ3v) is 3.21. The van der Waals surface area contributed by atoms with Crippen molar-refractivity contribution in [3.05, 3.63) is 23.9 Å². The van der Waals surface area contributed by atoms with Crippen molar-refractivity contribution in [1.29, 1.82) is 0 Å². The minimum Gasteiger partial charge on any atom is -0.370 e. The summed E-state index contributed by atoms with van der Waals surface area (Å²) >= 11 is 0. The molecule has 1 heterocycles. The van der Waals surface area contributed by atoms with E-state index in [4.69, 9.17) is 0 Å². The summed E-state index contributed by atoms with van der Waals surface area (Å²) in [6.45, 7) is 9.90. The lowest BCUT2D eigenvalue weighted by molar-refractivity contribution is 0.0696. The molecule has 0 aliphatic carbocycles. The molecule has 20 heavy (non-hydrogen) atoms. The first-order valence-corrected chi connectivity index (χ1v) is 7.62. The fraction of sp³-hybridized carbons (Fsp3) is 0.625. The number of rotatable bonds is 8. The van der Waals surface area contributed by atoms with Gasteiger partial charge in [-0.2, -0.15) is 0 Å². The number of carbonyl (C=O) groups excluding carboxylic acids is 1. The van der Waals surface area contributed by atoms with E-state index < -0.39 is 0 Å². The number of hydrogen-bond donors (Lipinski definition) is 1. The van der Waals surface area contributed by atoms with Crippen LogP contribution in [-0.4, -0.2) is 34.9 Å². The van der Waals surface area contributed by atoms with Gasteiger partial charge in [0.2, 0.25) is 0 Å². The Morgan fingerprint density at radius 2 is 2.05 bits per heavy atom. The Balaban J connectivity index is 2.80. The Bertz CT molecular complexity index is 418. The third kappa shape index (κ3) is 4.83. The van der Waals surface area contributed by atoms with E-state index in [1.54, 1.807) is 6.07 Å². The number of anilines is 1. The summed E-state index contributed by atoms with van der Waals surface area (Å²) in [6.07, 6.45) is 3.36. The van der Waals surface area contributed by atoms with E-state index in [9.17, 15) is 4.79 Å². The predicted octanol–water partition coefficient (Wildman–Crippen LogP) is 3.55. The van der Waals surface area contributed by atoms with Crippen molar-refractivity contribution in [3.63, 3.8) is 0 Å². The van der Waals surface area contributed by atoms with E-state index in [2.05, 4.69) is 31.1 Å². The first-order valence-electron chi connectivity index (χ1n) is 7.62. The molecule has 0 unspecified atom stereocenters. The van der Waals surface area contributed by atoms with Gasteiger partial charge in [0.05, 0.1) is 0 Å².